The van der Waals surface area contributed by atoms with Crippen LogP contribution < -0.4 is 0 Å². The Labute approximate surface area is 271 Å². The van der Waals surface area contributed by atoms with Gasteiger partial charge in [0, 0.05) is 33.0 Å². The first kappa shape index (κ1) is 27.0. The molecule has 0 radical (unpaired) electrons. The van der Waals surface area contributed by atoms with E-state index in [0.29, 0.717) is 17.5 Å². The molecule has 7 aromatic carbocycles. The van der Waals surface area contributed by atoms with Crippen LogP contribution in [0.4, 0.5) is 0 Å². The number of aromatic nitrogens is 3. The van der Waals surface area contributed by atoms with E-state index in [9.17, 15) is 0 Å². The number of para-hydroxylation sites is 1. The van der Waals surface area contributed by atoms with Gasteiger partial charge in [-0.1, -0.05) is 152 Å². The second-order valence-corrected chi connectivity index (χ2v) is 11.6. The highest BCUT2D eigenvalue weighted by molar-refractivity contribution is 6.20. The Balaban J connectivity index is 1.10. The maximum Gasteiger partial charge on any atom is 0.164 e. The standard InChI is InChI=1S/C43H27N3O/c1-3-12-31(13-4-1)41-44-42(32-14-5-2-6-15-32)46-43(45-41)34-17-9-16-33(27-34)28-21-23-30(24-22-28)36-19-10-20-37-39-35-18-8-7-11-29(35)25-26-38(39)47-40(36)37/h1-27H. The summed E-state index contributed by atoms with van der Waals surface area (Å²) in [7, 11) is 0. The number of hydrogen-bond donors (Lipinski definition) is 0. The zero-order valence-corrected chi connectivity index (χ0v) is 25.3. The van der Waals surface area contributed by atoms with Crippen molar-refractivity contribution in [1.29, 1.82) is 0 Å². The molecule has 0 aliphatic heterocycles. The van der Waals surface area contributed by atoms with Crippen LogP contribution in [0.15, 0.2) is 168 Å². The molecule has 0 amide bonds. The van der Waals surface area contributed by atoms with Gasteiger partial charge in [0.2, 0.25) is 0 Å². The van der Waals surface area contributed by atoms with E-state index in [1.807, 2.05) is 60.7 Å². The molecule has 47 heavy (non-hydrogen) atoms. The smallest absolute Gasteiger partial charge is 0.164 e. The van der Waals surface area contributed by atoms with Crippen molar-refractivity contribution in [2.24, 2.45) is 0 Å². The molecule has 4 nitrogen and oxygen atoms in total. The Morgan fingerprint density at radius 3 is 1.64 bits per heavy atom. The molecule has 0 saturated carbocycles. The van der Waals surface area contributed by atoms with Gasteiger partial charge in [-0.05, 0) is 39.6 Å². The van der Waals surface area contributed by atoms with Crippen LogP contribution in [0.25, 0.3) is 89.1 Å². The number of fused-ring (bicyclic) bond motifs is 5. The molecule has 0 aliphatic carbocycles. The summed E-state index contributed by atoms with van der Waals surface area (Å²) in [6.07, 6.45) is 0. The summed E-state index contributed by atoms with van der Waals surface area (Å²) >= 11 is 0. The van der Waals surface area contributed by atoms with Gasteiger partial charge >= 0.3 is 0 Å². The Morgan fingerprint density at radius 2 is 0.915 bits per heavy atom. The lowest BCUT2D eigenvalue weighted by Crippen LogP contribution is -2.00. The van der Waals surface area contributed by atoms with Gasteiger partial charge in [0.15, 0.2) is 17.5 Å². The van der Waals surface area contributed by atoms with Crippen LogP contribution in [0.2, 0.25) is 0 Å². The van der Waals surface area contributed by atoms with Gasteiger partial charge in [-0.2, -0.15) is 0 Å². The van der Waals surface area contributed by atoms with Crippen molar-refractivity contribution in [1.82, 2.24) is 15.0 Å². The average molecular weight is 602 g/mol. The van der Waals surface area contributed by atoms with Crippen LogP contribution in [0, 0.1) is 0 Å². The molecule has 0 bridgehead atoms. The van der Waals surface area contributed by atoms with Crippen molar-refractivity contribution in [2.75, 3.05) is 0 Å². The molecule has 2 aromatic heterocycles. The van der Waals surface area contributed by atoms with Gasteiger partial charge in [0.05, 0.1) is 0 Å². The molecular weight excluding hydrogens is 574 g/mol. The minimum Gasteiger partial charge on any atom is -0.455 e. The van der Waals surface area contributed by atoms with Gasteiger partial charge in [0.25, 0.3) is 0 Å². The summed E-state index contributed by atoms with van der Waals surface area (Å²) in [6, 6.07) is 56.3. The number of benzene rings is 7. The summed E-state index contributed by atoms with van der Waals surface area (Å²) in [5.74, 6) is 1.94. The van der Waals surface area contributed by atoms with Crippen molar-refractivity contribution < 1.29 is 4.42 Å². The molecule has 9 aromatic rings. The highest BCUT2D eigenvalue weighted by Gasteiger charge is 2.16. The Morgan fingerprint density at radius 1 is 0.362 bits per heavy atom. The van der Waals surface area contributed by atoms with Crippen molar-refractivity contribution >= 4 is 32.7 Å². The summed E-state index contributed by atoms with van der Waals surface area (Å²) in [6.45, 7) is 0. The van der Waals surface area contributed by atoms with Gasteiger partial charge in [-0.15, -0.1) is 0 Å². The first-order valence-corrected chi connectivity index (χ1v) is 15.7. The number of hydrogen-bond acceptors (Lipinski definition) is 4. The molecule has 0 spiro atoms. The van der Waals surface area contributed by atoms with Crippen LogP contribution >= 0.6 is 0 Å². The maximum atomic E-state index is 6.49. The molecule has 0 fully saturated rings. The minimum atomic E-state index is 0.639. The molecular formula is C43H27N3O. The summed E-state index contributed by atoms with van der Waals surface area (Å²) < 4.78 is 6.49. The van der Waals surface area contributed by atoms with Crippen LogP contribution in [-0.2, 0) is 0 Å². The Kier molecular flexibility index (Phi) is 6.43. The highest BCUT2D eigenvalue weighted by Crippen LogP contribution is 2.39. The maximum absolute atomic E-state index is 6.49. The normalized spacial score (nSPS) is 11.4. The van der Waals surface area contributed by atoms with Crippen molar-refractivity contribution in [3.05, 3.63) is 164 Å². The lowest BCUT2D eigenvalue weighted by molar-refractivity contribution is 0.670. The van der Waals surface area contributed by atoms with E-state index in [0.717, 1.165) is 60.9 Å². The number of rotatable bonds is 5. The van der Waals surface area contributed by atoms with Crippen molar-refractivity contribution in [2.45, 2.75) is 0 Å². The highest BCUT2D eigenvalue weighted by atomic mass is 16.3. The first-order chi connectivity index (χ1) is 23.3. The fourth-order valence-electron chi connectivity index (χ4n) is 6.41. The second kappa shape index (κ2) is 11.2. The molecule has 0 unspecified atom stereocenters. The minimum absolute atomic E-state index is 0.639. The average Bonchev–Trinajstić information content (AvgIpc) is 3.55. The molecule has 2 heterocycles. The molecule has 220 valence electrons. The third-order valence-corrected chi connectivity index (χ3v) is 8.74. The van der Waals surface area contributed by atoms with Crippen LogP contribution in [0.3, 0.4) is 0 Å². The van der Waals surface area contributed by atoms with E-state index in [1.165, 1.54) is 10.8 Å². The summed E-state index contributed by atoms with van der Waals surface area (Å²) in [5, 5.41) is 4.72. The van der Waals surface area contributed by atoms with E-state index >= 15 is 0 Å². The largest absolute Gasteiger partial charge is 0.455 e. The lowest BCUT2D eigenvalue weighted by Gasteiger charge is -2.10. The zero-order chi connectivity index (χ0) is 31.2. The van der Waals surface area contributed by atoms with Gasteiger partial charge < -0.3 is 4.42 Å². The first-order valence-electron chi connectivity index (χ1n) is 15.7. The molecule has 0 aliphatic rings. The number of nitrogens with zero attached hydrogens (tertiary/aromatic N) is 3. The van der Waals surface area contributed by atoms with E-state index in [4.69, 9.17) is 19.4 Å². The zero-order valence-electron chi connectivity index (χ0n) is 25.3. The predicted octanol–water partition coefficient (Wildman–Crippen LogP) is 11.3. The fraction of sp³-hybridized carbons (Fsp3) is 0. The van der Waals surface area contributed by atoms with Crippen LogP contribution in [-0.4, -0.2) is 15.0 Å². The Bertz CT molecular complexity index is 2500. The third-order valence-electron chi connectivity index (χ3n) is 8.74. The summed E-state index contributed by atoms with van der Waals surface area (Å²) in [4.78, 5) is 14.7. The quantitative estimate of drug-likeness (QED) is 0.197. The Hall–Kier alpha value is -6.39. The van der Waals surface area contributed by atoms with Gasteiger partial charge in [0.1, 0.15) is 11.2 Å². The van der Waals surface area contributed by atoms with E-state index < -0.39 is 0 Å². The van der Waals surface area contributed by atoms with E-state index in [1.54, 1.807) is 0 Å². The van der Waals surface area contributed by atoms with Crippen molar-refractivity contribution in [3.63, 3.8) is 0 Å². The fourth-order valence-corrected chi connectivity index (χ4v) is 6.41. The van der Waals surface area contributed by atoms with E-state index in [-0.39, 0.29) is 0 Å². The molecule has 0 atom stereocenters. The van der Waals surface area contributed by atoms with Crippen molar-refractivity contribution in [3.8, 4) is 56.4 Å². The molecule has 0 N–H and O–H groups in total. The lowest BCUT2D eigenvalue weighted by atomic mass is 9.97. The van der Waals surface area contributed by atoms with E-state index in [2.05, 4.69) is 103 Å². The molecule has 0 saturated heterocycles. The second-order valence-electron chi connectivity index (χ2n) is 11.6. The van der Waals surface area contributed by atoms with Crippen LogP contribution in [0.5, 0.6) is 0 Å². The van der Waals surface area contributed by atoms with Crippen LogP contribution in [0.1, 0.15) is 0 Å². The SMILES string of the molecule is c1ccc(-c2nc(-c3ccccc3)nc(-c3cccc(-c4ccc(-c5cccc6c5oc5ccc7ccccc7c56)cc4)c3)n2)cc1. The molecule has 9 rings (SSSR count). The third kappa shape index (κ3) is 4.84. The predicted molar refractivity (Wildman–Crippen MR) is 192 cm³/mol. The monoisotopic (exact) mass is 601 g/mol. The summed E-state index contributed by atoms with van der Waals surface area (Å²) in [5.41, 5.74) is 9.04. The number of furan rings is 1. The topological polar surface area (TPSA) is 51.8 Å². The van der Waals surface area contributed by atoms with Gasteiger partial charge in [-0.25, -0.2) is 15.0 Å². The van der Waals surface area contributed by atoms with Gasteiger partial charge in [-0.3, -0.25) is 0 Å². The molecule has 4 heteroatoms.